The molecule has 2 rings (SSSR count). The van der Waals surface area contributed by atoms with E-state index in [-0.39, 0.29) is 22.2 Å². The molecule has 0 amide bonds. The summed E-state index contributed by atoms with van der Waals surface area (Å²) in [5, 5.41) is 9.36. The molecular weight excluding hydrogens is 320 g/mol. The van der Waals surface area contributed by atoms with Crippen LogP contribution in [0.2, 0.25) is 0 Å². The summed E-state index contributed by atoms with van der Waals surface area (Å²) in [5.41, 5.74) is 5.80. The first-order chi connectivity index (χ1) is 11.8. The highest BCUT2D eigenvalue weighted by Crippen LogP contribution is 2.39. The maximum absolute atomic E-state index is 12.8. The van der Waals surface area contributed by atoms with E-state index in [0.29, 0.717) is 12.0 Å². The van der Waals surface area contributed by atoms with Gasteiger partial charge in [-0.3, -0.25) is 4.79 Å². The van der Waals surface area contributed by atoms with Crippen LogP contribution in [0.5, 0.6) is 0 Å². The summed E-state index contributed by atoms with van der Waals surface area (Å²) in [6.07, 6.45) is 4.18. The fourth-order valence-electron chi connectivity index (χ4n) is 3.23. The lowest BCUT2D eigenvalue weighted by molar-refractivity contribution is -0.111. The van der Waals surface area contributed by atoms with E-state index < -0.39 is 0 Å². The molecule has 0 aromatic heterocycles. The predicted octanol–water partition coefficient (Wildman–Crippen LogP) is 4.76. The van der Waals surface area contributed by atoms with Gasteiger partial charge in [0.05, 0.1) is 0 Å². The van der Waals surface area contributed by atoms with E-state index in [1.807, 2.05) is 26.2 Å². The average Bonchev–Trinajstić information content (AvgIpc) is 2.92. The van der Waals surface area contributed by atoms with Crippen molar-refractivity contribution in [3.63, 3.8) is 0 Å². The molecule has 3 nitrogen and oxygen atoms in total. The molecule has 1 aliphatic carbocycles. The Bertz CT molecular complexity index is 835. The lowest BCUT2D eigenvalue weighted by Gasteiger charge is -2.27. The fourth-order valence-corrected chi connectivity index (χ4v) is 3.23. The highest BCUT2D eigenvalue weighted by atomic mass is 16.1. The van der Waals surface area contributed by atoms with Gasteiger partial charge >= 0.3 is 0 Å². The maximum Gasteiger partial charge on any atom is 0.201 e. The first-order valence-corrected chi connectivity index (χ1v) is 9.06. The Hall–Kier alpha value is -2.34. The number of carbonyl (C=O) groups is 1. The number of nitriles is 1. The molecule has 0 aliphatic heterocycles. The van der Waals surface area contributed by atoms with Crippen molar-refractivity contribution in [3.05, 3.63) is 51.7 Å². The largest absolute Gasteiger partial charge is 0.382 e. The number of ketones is 1. The third-order valence-corrected chi connectivity index (χ3v) is 4.68. The lowest BCUT2D eigenvalue weighted by atomic mass is 9.77. The van der Waals surface area contributed by atoms with E-state index in [1.54, 1.807) is 11.1 Å². The maximum atomic E-state index is 12.8. The highest BCUT2D eigenvalue weighted by molar-refractivity contribution is 6.14. The van der Waals surface area contributed by atoms with Gasteiger partial charge in [0.25, 0.3) is 0 Å². The summed E-state index contributed by atoms with van der Waals surface area (Å²) in [6.45, 7) is 13.2. The minimum Gasteiger partial charge on any atom is -0.382 e. The van der Waals surface area contributed by atoms with Crippen molar-refractivity contribution >= 4 is 11.9 Å². The van der Waals surface area contributed by atoms with Crippen LogP contribution in [0.1, 0.15) is 63.8 Å². The van der Waals surface area contributed by atoms with E-state index in [2.05, 4.69) is 53.7 Å². The third kappa shape index (κ3) is 4.07. The van der Waals surface area contributed by atoms with Crippen molar-refractivity contribution in [3.8, 4) is 6.07 Å². The smallest absolute Gasteiger partial charge is 0.201 e. The number of benzene rings is 1. The van der Waals surface area contributed by atoms with Gasteiger partial charge in [0, 0.05) is 32.3 Å². The first-order valence-electron chi connectivity index (χ1n) is 9.06. The van der Waals surface area contributed by atoms with Gasteiger partial charge in [0.15, 0.2) is 0 Å². The molecule has 0 bridgehead atoms. The van der Waals surface area contributed by atoms with Gasteiger partial charge in [-0.2, -0.15) is 5.26 Å². The third-order valence-electron chi connectivity index (χ3n) is 4.68. The van der Waals surface area contributed by atoms with Crippen LogP contribution in [-0.4, -0.2) is 24.8 Å². The molecule has 0 fully saturated rings. The number of hydrogen-bond donors (Lipinski definition) is 0. The van der Waals surface area contributed by atoms with Crippen LogP contribution in [0.4, 0.5) is 0 Å². The minimum atomic E-state index is -0.172. The van der Waals surface area contributed by atoms with Gasteiger partial charge in [-0.15, -0.1) is 0 Å². The van der Waals surface area contributed by atoms with Gasteiger partial charge in [-0.05, 0) is 39.2 Å². The van der Waals surface area contributed by atoms with Crippen molar-refractivity contribution in [2.75, 3.05) is 14.1 Å². The molecule has 1 aromatic carbocycles. The van der Waals surface area contributed by atoms with Gasteiger partial charge < -0.3 is 4.90 Å². The molecule has 0 saturated heterocycles. The molecule has 26 heavy (non-hydrogen) atoms. The molecule has 1 aliphatic rings. The van der Waals surface area contributed by atoms with Gasteiger partial charge in [-0.25, -0.2) is 0 Å². The number of allylic oxidation sites excluding steroid dienone is 2. The zero-order chi connectivity index (χ0) is 19.9. The van der Waals surface area contributed by atoms with E-state index in [4.69, 9.17) is 0 Å². The molecular formula is C23H30N2O. The zero-order valence-corrected chi connectivity index (χ0v) is 17.3. The number of nitrogens with zero attached hydrogens (tertiary/aromatic N) is 2. The Morgan fingerprint density at radius 2 is 1.73 bits per heavy atom. The Morgan fingerprint density at radius 3 is 2.19 bits per heavy atom. The Balaban J connectivity index is 2.56. The van der Waals surface area contributed by atoms with Gasteiger partial charge in [-0.1, -0.05) is 53.7 Å². The van der Waals surface area contributed by atoms with E-state index in [0.717, 1.165) is 5.56 Å². The van der Waals surface area contributed by atoms with Crippen molar-refractivity contribution in [2.24, 2.45) is 0 Å². The molecule has 0 atom stereocenters. The van der Waals surface area contributed by atoms with Crippen molar-refractivity contribution < 1.29 is 4.79 Å². The van der Waals surface area contributed by atoms with Crippen molar-refractivity contribution in [1.82, 2.24) is 4.90 Å². The number of fused-ring (bicyclic) bond motifs is 1. The van der Waals surface area contributed by atoms with Crippen molar-refractivity contribution in [2.45, 2.75) is 58.8 Å². The summed E-state index contributed by atoms with van der Waals surface area (Å²) < 4.78 is 0. The summed E-state index contributed by atoms with van der Waals surface area (Å²) in [6, 6.07) is 6.55. The van der Waals surface area contributed by atoms with Gasteiger partial charge in [0.1, 0.15) is 11.6 Å². The molecule has 0 unspecified atom stereocenters. The summed E-state index contributed by atoms with van der Waals surface area (Å²) in [7, 11) is 3.63. The van der Waals surface area contributed by atoms with Crippen LogP contribution in [0.15, 0.2) is 29.5 Å². The molecule has 0 radical (unpaired) electrons. The molecule has 3 heteroatoms. The van der Waals surface area contributed by atoms with E-state index in [1.165, 1.54) is 16.7 Å². The summed E-state index contributed by atoms with van der Waals surface area (Å²) in [4.78, 5) is 14.6. The number of carbonyl (C=O) groups excluding carboxylic acids is 1. The lowest BCUT2D eigenvalue weighted by Crippen LogP contribution is -2.18. The average molecular weight is 351 g/mol. The predicted molar refractivity (Wildman–Crippen MR) is 108 cm³/mol. The second-order valence-corrected chi connectivity index (χ2v) is 9.39. The second-order valence-electron chi connectivity index (χ2n) is 9.39. The second kappa shape index (κ2) is 6.76. The molecule has 138 valence electrons. The van der Waals surface area contributed by atoms with Crippen LogP contribution in [0.3, 0.4) is 0 Å². The molecule has 0 N–H and O–H groups in total. The number of Topliss-reactive ketones (excluding diaryl/α,β-unsaturated/α-hetero) is 1. The van der Waals surface area contributed by atoms with Crippen LogP contribution >= 0.6 is 0 Å². The monoisotopic (exact) mass is 350 g/mol. The van der Waals surface area contributed by atoms with Crippen LogP contribution < -0.4 is 0 Å². The molecule has 0 spiro atoms. The fraction of sp³-hybridized carbons (Fsp3) is 0.478. The van der Waals surface area contributed by atoms with E-state index >= 15 is 0 Å². The first kappa shape index (κ1) is 20.0. The van der Waals surface area contributed by atoms with Gasteiger partial charge in [0.2, 0.25) is 5.78 Å². The van der Waals surface area contributed by atoms with Crippen LogP contribution in [-0.2, 0) is 22.0 Å². The normalized spacial score (nSPS) is 14.6. The van der Waals surface area contributed by atoms with E-state index in [9.17, 15) is 10.1 Å². The summed E-state index contributed by atoms with van der Waals surface area (Å²) in [5.74, 6) is -0.172. The standard InChI is InChI=1S/C23H30N2O/c1-22(2,3)18-10-15-9-16(21(26)17(13-24)14-25(7)8)11-19(15)20(12-18)23(4,5)6/h10-12,14H,9H2,1-8H3. The molecule has 0 heterocycles. The summed E-state index contributed by atoms with van der Waals surface area (Å²) >= 11 is 0. The Kier molecular flexibility index (Phi) is 5.19. The quantitative estimate of drug-likeness (QED) is 0.583. The van der Waals surface area contributed by atoms with Crippen LogP contribution in [0, 0.1) is 11.3 Å². The highest BCUT2D eigenvalue weighted by Gasteiger charge is 2.29. The molecule has 0 saturated carbocycles. The topological polar surface area (TPSA) is 44.1 Å². The van der Waals surface area contributed by atoms with Crippen LogP contribution in [0.25, 0.3) is 6.08 Å². The SMILES string of the molecule is CN(C)C=C(C#N)C(=O)C1=Cc2c(cc(C(C)(C)C)cc2C(C)(C)C)C1. The zero-order valence-electron chi connectivity index (χ0n) is 17.3. The Labute approximate surface area is 158 Å². The number of hydrogen-bond acceptors (Lipinski definition) is 3. The minimum absolute atomic E-state index is 0.0160. The van der Waals surface area contributed by atoms with Crippen molar-refractivity contribution in [1.29, 1.82) is 5.26 Å². The number of rotatable bonds is 3. The molecule has 1 aromatic rings. The Morgan fingerprint density at radius 1 is 1.12 bits per heavy atom.